The van der Waals surface area contributed by atoms with Crippen LogP contribution in [-0.2, 0) is 0 Å². The van der Waals surface area contributed by atoms with Gasteiger partial charge in [0.25, 0.3) is 0 Å². The highest BCUT2D eigenvalue weighted by Crippen LogP contribution is 2.41. The van der Waals surface area contributed by atoms with Gasteiger partial charge in [-0.3, -0.25) is 0 Å². The van der Waals surface area contributed by atoms with Crippen molar-refractivity contribution in [1.82, 2.24) is 9.97 Å². The zero-order chi connectivity index (χ0) is 30.6. The Morgan fingerprint density at radius 2 is 0.696 bits per heavy atom. The molecule has 2 N–H and O–H groups in total. The first-order chi connectivity index (χ1) is 22.8. The number of aromatic nitrogens is 2. The van der Waals surface area contributed by atoms with Crippen LogP contribution in [-0.4, -0.2) is 17.1 Å². The van der Waals surface area contributed by atoms with Gasteiger partial charge in [-0.2, -0.15) is 0 Å². The Hall–Kier alpha value is -6.06. The van der Waals surface area contributed by atoms with E-state index in [2.05, 4.69) is 162 Å². The molecule has 7 aromatic carbocycles. The van der Waals surface area contributed by atoms with Gasteiger partial charge in [0.05, 0.1) is 18.1 Å². The lowest BCUT2D eigenvalue weighted by molar-refractivity contribution is 0.418. The lowest BCUT2D eigenvalue weighted by Gasteiger charge is -2.15. The molecule has 3 heteroatoms. The van der Waals surface area contributed by atoms with Crippen molar-refractivity contribution in [1.29, 1.82) is 0 Å². The molecule has 0 bridgehead atoms. The Balaban J connectivity index is 1.07. The van der Waals surface area contributed by atoms with E-state index < -0.39 is 0 Å². The fraction of sp³-hybridized carbons (Fsp3) is 0.0233. The van der Waals surface area contributed by atoms with Crippen LogP contribution in [0.2, 0.25) is 0 Å². The Bertz CT molecular complexity index is 2380. The minimum Gasteiger partial charge on any atom is -0.495 e. The van der Waals surface area contributed by atoms with E-state index in [4.69, 9.17) is 4.74 Å². The summed E-state index contributed by atoms with van der Waals surface area (Å²) >= 11 is 0. The number of methoxy groups -OCH3 is 1. The third kappa shape index (κ3) is 4.13. The SMILES string of the molecule is COc1c(-c2ccc(-c3cccc4c3[nH]c3ccccc34)cc2)cccc1-c1ccc(-c2cccc3c2[nH]c2ccccc23)cc1. The third-order valence-electron chi connectivity index (χ3n) is 9.32. The number of hydrogen-bond acceptors (Lipinski definition) is 1. The second kappa shape index (κ2) is 10.5. The molecule has 0 radical (unpaired) electrons. The maximum Gasteiger partial charge on any atom is 0.134 e. The van der Waals surface area contributed by atoms with Crippen LogP contribution in [0.1, 0.15) is 0 Å². The number of para-hydroxylation sites is 5. The Kier molecular flexibility index (Phi) is 6.04. The van der Waals surface area contributed by atoms with Gasteiger partial charge in [0.15, 0.2) is 0 Å². The van der Waals surface area contributed by atoms with Gasteiger partial charge in [-0.1, -0.05) is 140 Å². The molecule has 0 amide bonds. The summed E-state index contributed by atoms with van der Waals surface area (Å²) in [7, 11) is 1.76. The molecule has 0 atom stereocenters. The second-order valence-electron chi connectivity index (χ2n) is 11.8. The third-order valence-corrected chi connectivity index (χ3v) is 9.32. The van der Waals surface area contributed by atoms with Gasteiger partial charge in [0, 0.05) is 54.8 Å². The number of hydrogen-bond donors (Lipinski definition) is 2. The number of fused-ring (bicyclic) bond motifs is 6. The molecule has 0 saturated heterocycles. The maximum atomic E-state index is 6.09. The first kappa shape index (κ1) is 26.4. The van der Waals surface area contributed by atoms with E-state index in [0.717, 1.165) is 39.0 Å². The van der Waals surface area contributed by atoms with Gasteiger partial charge in [-0.15, -0.1) is 0 Å². The van der Waals surface area contributed by atoms with E-state index in [9.17, 15) is 0 Å². The summed E-state index contributed by atoms with van der Waals surface area (Å²) in [5.41, 5.74) is 13.8. The van der Waals surface area contributed by atoms with Crippen LogP contribution in [0.3, 0.4) is 0 Å². The number of H-pyrrole nitrogens is 2. The fourth-order valence-corrected chi connectivity index (χ4v) is 7.10. The normalized spacial score (nSPS) is 11.6. The molecule has 0 unspecified atom stereocenters. The number of nitrogens with one attached hydrogen (secondary N) is 2. The van der Waals surface area contributed by atoms with Gasteiger partial charge in [-0.05, 0) is 34.4 Å². The molecule has 46 heavy (non-hydrogen) atoms. The minimum absolute atomic E-state index is 0.874. The number of ether oxygens (including phenoxy) is 1. The monoisotopic (exact) mass is 590 g/mol. The van der Waals surface area contributed by atoms with Crippen molar-refractivity contribution in [3.8, 4) is 50.3 Å². The van der Waals surface area contributed by atoms with Gasteiger partial charge >= 0.3 is 0 Å². The van der Waals surface area contributed by atoms with Crippen LogP contribution in [0, 0.1) is 0 Å². The van der Waals surface area contributed by atoms with Crippen LogP contribution >= 0.6 is 0 Å². The molecule has 0 spiro atoms. The summed E-state index contributed by atoms with van der Waals surface area (Å²) in [6, 6.07) is 54.0. The van der Waals surface area contributed by atoms with Crippen molar-refractivity contribution < 1.29 is 4.74 Å². The predicted molar refractivity (Wildman–Crippen MR) is 193 cm³/mol. The fourth-order valence-electron chi connectivity index (χ4n) is 7.10. The molecule has 2 heterocycles. The van der Waals surface area contributed by atoms with E-state index in [1.807, 2.05) is 0 Å². The van der Waals surface area contributed by atoms with Gasteiger partial charge in [0.1, 0.15) is 5.75 Å². The van der Waals surface area contributed by atoms with Gasteiger partial charge < -0.3 is 14.7 Å². The molecular weight excluding hydrogens is 560 g/mol. The van der Waals surface area contributed by atoms with Gasteiger partial charge in [0.2, 0.25) is 0 Å². The zero-order valence-electron chi connectivity index (χ0n) is 25.3. The van der Waals surface area contributed by atoms with Crippen molar-refractivity contribution in [2.75, 3.05) is 7.11 Å². The average Bonchev–Trinajstić information content (AvgIpc) is 3.70. The lowest BCUT2D eigenvalue weighted by atomic mass is 9.94. The minimum atomic E-state index is 0.874. The van der Waals surface area contributed by atoms with E-state index in [1.165, 1.54) is 54.8 Å². The molecule has 2 aromatic heterocycles. The summed E-state index contributed by atoms with van der Waals surface area (Å²) in [5.74, 6) is 0.874. The van der Waals surface area contributed by atoms with Crippen LogP contribution in [0.25, 0.3) is 88.1 Å². The van der Waals surface area contributed by atoms with Crippen molar-refractivity contribution in [3.63, 3.8) is 0 Å². The lowest BCUT2D eigenvalue weighted by Crippen LogP contribution is -1.92. The number of benzene rings is 7. The van der Waals surface area contributed by atoms with E-state index in [-0.39, 0.29) is 0 Å². The van der Waals surface area contributed by atoms with E-state index >= 15 is 0 Å². The Labute approximate surface area is 266 Å². The first-order valence-electron chi connectivity index (χ1n) is 15.6. The summed E-state index contributed by atoms with van der Waals surface area (Å²) in [6.45, 7) is 0. The van der Waals surface area contributed by atoms with Crippen molar-refractivity contribution in [3.05, 3.63) is 152 Å². The second-order valence-corrected chi connectivity index (χ2v) is 11.8. The summed E-state index contributed by atoms with van der Waals surface area (Å²) in [6.07, 6.45) is 0. The Morgan fingerprint density at radius 1 is 0.348 bits per heavy atom. The molecule has 3 nitrogen and oxygen atoms in total. The Morgan fingerprint density at radius 3 is 1.13 bits per heavy atom. The molecule has 0 aliphatic rings. The molecule has 0 aliphatic carbocycles. The highest BCUT2D eigenvalue weighted by Gasteiger charge is 2.15. The standard InChI is InChI=1S/C43H30N2O/c1-46-43-33(29-23-19-27(20-24-29)31-11-6-15-37-35-9-2-4-17-39(35)44-41(31)37)13-8-14-34(43)30-25-21-28(22-26-30)32-12-7-16-38-36-10-3-5-18-40(36)45-42(32)38/h2-26,44-45H,1H3. The highest BCUT2D eigenvalue weighted by atomic mass is 16.5. The smallest absolute Gasteiger partial charge is 0.134 e. The average molecular weight is 591 g/mol. The zero-order valence-corrected chi connectivity index (χ0v) is 25.3. The largest absolute Gasteiger partial charge is 0.495 e. The van der Waals surface area contributed by atoms with Crippen molar-refractivity contribution in [2.24, 2.45) is 0 Å². The van der Waals surface area contributed by atoms with E-state index in [0.29, 0.717) is 0 Å². The molecule has 9 aromatic rings. The molecule has 0 fully saturated rings. The van der Waals surface area contributed by atoms with E-state index in [1.54, 1.807) is 7.11 Å². The van der Waals surface area contributed by atoms with Gasteiger partial charge in [-0.25, -0.2) is 0 Å². The molecular formula is C43H30N2O. The van der Waals surface area contributed by atoms with Crippen molar-refractivity contribution in [2.45, 2.75) is 0 Å². The number of rotatable bonds is 5. The predicted octanol–water partition coefficient (Wildman–Crippen LogP) is 11.6. The van der Waals surface area contributed by atoms with Crippen LogP contribution < -0.4 is 4.74 Å². The van der Waals surface area contributed by atoms with Crippen LogP contribution in [0.5, 0.6) is 5.75 Å². The topological polar surface area (TPSA) is 40.8 Å². The van der Waals surface area contributed by atoms with Crippen LogP contribution in [0.15, 0.2) is 152 Å². The molecule has 9 rings (SSSR count). The summed E-state index contributed by atoms with van der Waals surface area (Å²) in [5, 5.41) is 4.99. The summed E-state index contributed by atoms with van der Waals surface area (Å²) in [4.78, 5) is 7.28. The summed E-state index contributed by atoms with van der Waals surface area (Å²) < 4.78 is 6.09. The molecule has 0 saturated carbocycles. The van der Waals surface area contributed by atoms with Crippen LogP contribution in [0.4, 0.5) is 0 Å². The maximum absolute atomic E-state index is 6.09. The highest BCUT2D eigenvalue weighted by molar-refractivity contribution is 6.13. The van der Waals surface area contributed by atoms with Crippen molar-refractivity contribution >= 4 is 43.6 Å². The molecule has 218 valence electrons. The quantitative estimate of drug-likeness (QED) is 0.206. The number of aromatic amines is 2. The molecule has 0 aliphatic heterocycles. The first-order valence-corrected chi connectivity index (χ1v) is 15.6.